The Morgan fingerprint density at radius 2 is 2.06 bits per heavy atom. The van der Waals surface area contributed by atoms with Gasteiger partial charge in [0.1, 0.15) is 0 Å². The fourth-order valence-electron chi connectivity index (χ4n) is 3.16. The van der Waals surface area contributed by atoms with Crippen LogP contribution in [0.3, 0.4) is 0 Å². The molecule has 1 aromatic rings. The second-order valence-corrected chi connectivity index (χ2v) is 5.02. The van der Waals surface area contributed by atoms with Crippen molar-refractivity contribution >= 4 is 5.97 Å². The van der Waals surface area contributed by atoms with Crippen LogP contribution in [0.4, 0.5) is 0 Å². The van der Waals surface area contributed by atoms with Gasteiger partial charge in [-0.25, -0.2) is 4.79 Å². The Hall–Kier alpha value is -1.31. The van der Waals surface area contributed by atoms with E-state index in [0.29, 0.717) is 5.56 Å². The smallest absolute Gasteiger partial charge is 0.335 e. The van der Waals surface area contributed by atoms with Crippen molar-refractivity contribution in [1.82, 2.24) is 0 Å². The minimum absolute atomic E-state index is 0.207. The molecule has 0 saturated carbocycles. The minimum Gasteiger partial charge on any atom is -0.478 e. The van der Waals surface area contributed by atoms with E-state index in [1.807, 2.05) is 12.1 Å². The highest BCUT2D eigenvalue weighted by atomic mass is 16.4. The molecule has 0 bridgehead atoms. The lowest BCUT2D eigenvalue weighted by Crippen LogP contribution is -2.29. The first-order valence-corrected chi connectivity index (χ1v) is 6.49. The Labute approximate surface area is 103 Å². The van der Waals surface area contributed by atoms with Gasteiger partial charge in [-0.15, -0.1) is 0 Å². The number of fused-ring (bicyclic) bond motifs is 1. The van der Waals surface area contributed by atoms with Crippen molar-refractivity contribution in [3.63, 3.8) is 0 Å². The second-order valence-electron chi connectivity index (χ2n) is 5.02. The van der Waals surface area contributed by atoms with Crippen molar-refractivity contribution in [3.8, 4) is 0 Å². The molecule has 1 aromatic carbocycles. The Kier molecular flexibility index (Phi) is 3.23. The molecule has 0 amide bonds. The molecule has 0 unspecified atom stereocenters. The van der Waals surface area contributed by atoms with Gasteiger partial charge in [0.2, 0.25) is 0 Å². The van der Waals surface area contributed by atoms with Gasteiger partial charge in [0.05, 0.1) is 5.56 Å². The largest absolute Gasteiger partial charge is 0.478 e. The monoisotopic (exact) mass is 232 g/mol. The number of benzene rings is 1. The molecule has 0 heterocycles. The number of carboxylic acids is 1. The number of rotatable bonds is 3. The van der Waals surface area contributed by atoms with Gasteiger partial charge in [-0.2, -0.15) is 0 Å². The van der Waals surface area contributed by atoms with E-state index < -0.39 is 5.97 Å². The predicted octanol–water partition coefficient (Wildman–Crippen LogP) is 3.78. The molecule has 0 spiro atoms. The lowest BCUT2D eigenvalue weighted by atomic mass is 9.66. The highest BCUT2D eigenvalue weighted by molar-refractivity contribution is 5.88. The van der Waals surface area contributed by atoms with E-state index in [2.05, 4.69) is 13.8 Å². The summed E-state index contributed by atoms with van der Waals surface area (Å²) in [5, 5.41) is 9.10. The summed E-state index contributed by atoms with van der Waals surface area (Å²) in [5.41, 5.74) is 3.27. The van der Waals surface area contributed by atoms with Crippen LogP contribution >= 0.6 is 0 Å². The van der Waals surface area contributed by atoms with Crippen LogP contribution < -0.4 is 0 Å². The number of hydrogen-bond acceptors (Lipinski definition) is 1. The Bertz CT molecular complexity index is 431. The summed E-state index contributed by atoms with van der Waals surface area (Å²) >= 11 is 0. The summed E-state index contributed by atoms with van der Waals surface area (Å²) < 4.78 is 0. The van der Waals surface area contributed by atoms with E-state index in [-0.39, 0.29) is 5.41 Å². The van der Waals surface area contributed by atoms with Crippen molar-refractivity contribution in [2.24, 2.45) is 0 Å². The number of aryl methyl sites for hydroxylation is 1. The van der Waals surface area contributed by atoms with Crippen LogP contribution in [0, 0.1) is 0 Å². The first kappa shape index (κ1) is 12.2. The fraction of sp³-hybridized carbons (Fsp3) is 0.533. The van der Waals surface area contributed by atoms with E-state index >= 15 is 0 Å². The van der Waals surface area contributed by atoms with Gasteiger partial charge < -0.3 is 5.11 Å². The van der Waals surface area contributed by atoms with E-state index in [1.165, 1.54) is 24.0 Å². The zero-order valence-electron chi connectivity index (χ0n) is 10.6. The van der Waals surface area contributed by atoms with Crippen molar-refractivity contribution in [1.29, 1.82) is 0 Å². The van der Waals surface area contributed by atoms with Gasteiger partial charge in [0.15, 0.2) is 0 Å². The second kappa shape index (κ2) is 4.52. The minimum atomic E-state index is -0.820. The number of hydrogen-bond donors (Lipinski definition) is 1. The lowest BCUT2D eigenvalue weighted by molar-refractivity contribution is 0.0696. The van der Waals surface area contributed by atoms with Gasteiger partial charge in [-0.05, 0) is 60.8 Å². The quantitative estimate of drug-likeness (QED) is 0.861. The number of carboxylic acid groups (broad SMARTS) is 1. The predicted molar refractivity (Wildman–Crippen MR) is 68.6 cm³/mol. The molecule has 0 radical (unpaired) electrons. The highest BCUT2D eigenvalue weighted by Crippen LogP contribution is 2.42. The van der Waals surface area contributed by atoms with Crippen LogP contribution in [0.1, 0.15) is 61.0 Å². The van der Waals surface area contributed by atoms with Crippen LogP contribution in [0.5, 0.6) is 0 Å². The first-order valence-electron chi connectivity index (χ1n) is 6.49. The Balaban J connectivity index is 2.55. The van der Waals surface area contributed by atoms with Crippen molar-refractivity contribution in [2.75, 3.05) is 0 Å². The van der Waals surface area contributed by atoms with Crippen molar-refractivity contribution in [2.45, 2.75) is 51.4 Å². The molecule has 0 saturated heterocycles. The average molecular weight is 232 g/mol. The molecule has 0 aliphatic heterocycles. The van der Waals surface area contributed by atoms with Crippen LogP contribution in [0.2, 0.25) is 0 Å². The van der Waals surface area contributed by atoms with E-state index in [0.717, 1.165) is 19.3 Å². The summed E-state index contributed by atoms with van der Waals surface area (Å²) in [6.07, 6.45) is 5.70. The maximum absolute atomic E-state index is 11.1. The van der Waals surface area contributed by atoms with E-state index in [1.54, 1.807) is 6.07 Å². The summed E-state index contributed by atoms with van der Waals surface area (Å²) in [4.78, 5) is 11.1. The lowest BCUT2D eigenvalue weighted by Gasteiger charge is -2.38. The van der Waals surface area contributed by atoms with Gasteiger partial charge in [0.25, 0.3) is 0 Å². The fourth-order valence-corrected chi connectivity index (χ4v) is 3.16. The molecular formula is C15H20O2. The third-order valence-electron chi connectivity index (χ3n) is 4.38. The van der Waals surface area contributed by atoms with Gasteiger partial charge in [-0.3, -0.25) is 0 Å². The summed E-state index contributed by atoms with van der Waals surface area (Å²) in [5.74, 6) is -0.820. The highest BCUT2D eigenvalue weighted by Gasteiger charge is 2.33. The topological polar surface area (TPSA) is 37.3 Å². The molecule has 2 nitrogen and oxygen atoms in total. The van der Waals surface area contributed by atoms with Crippen LogP contribution in [0.25, 0.3) is 0 Å². The summed E-state index contributed by atoms with van der Waals surface area (Å²) in [6, 6.07) is 5.66. The van der Waals surface area contributed by atoms with Crippen LogP contribution in [-0.2, 0) is 11.8 Å². The maximum atomic E-state index is 11.1. The molecule has 1 aliphatic carbocycles. The molecule has 2 heteroatoms. The van der Waals surface area contributed by atoms with E-state index in [4.69, 9.17) is 5.11 Å². The Morgan fingerprint density at radius 1 is 1.35 bits per heavy atom. The van der Waals surface area contributed by atoms with Gasteiger partial charge >= 0.3 is 5.97 Å². The number of aromatic carboxylic acids is 1. The van der Waals surface area contributed by atoms with Gasteiger partial charge in [-0.1, -0.05) is 19.9 Å². The van der Waals surface area contributed by atoms with Crippen LogP contribution in [0.15, 0.2) is 18.2 Å². The number of carbonyl (C=O) groups is 1. The molecular weight excluding hydrogens is 212 g/mol. The summed E-state index contributed by atoms with van der Waals surface area (Å²) in [7, 11) is 0. The van der Waals surface area contributed by atoms with Gasteiger partial charge in [0, 0.05) is 0 Å². The molecule has 0 atom stereocenters. The van der Waals surface area contributed by atoms with Crippen LogP contribution in [-0.4, -0.2) is 11.1 Å². The SMILES string of the molecule is CCC1(CC)CCCc2ccc(C(=O)O)cc21. The van der Waals surface area contributed by atoms with Crippen molar-refractivity contribution < 1.29 is 9.90 Å². The zero-order valence-corrected chi connectivity index (χ0v) is 10.6. The molecule has 92 valence electrons. The molecule has 0 fully saturated rings. The Morgan fingerprint density at radius 3 is 2.65 bits per heavy atom. The first-order chi connectivity index (χ1) is 8.13. The van der Waals surface area contributed by atoms with Crippen molar-refractivity contribution in [3.05, 3.63) is 34.9 Å². The third-order valence-corrected chi connectivity index (χ3v) is 4.38. The maximum Gasteiger partial charge on any atom is 0.335 e. The molecule has 1 aliphatic rings. The molecule has 1 N–H and O–H groups in total. The third kappa shape index (κ3) is 1.97. The molecule has 2 rings (SSSR count). The standard InChI is InChI=1S/C15H20O2/c1-3-15(4-2)9-5-6-11-7-8-12(14(16)17)10-13(11)15/h7-8,10H,3-6,9H2,1-2H3,(H,16,17). The molecule has 0 aromatic heterocycles. The molecule has 17 heavy (non-hydrogen) atoms. The zero-order chi connectivity index (χ0) is 12.5. The van der Waals surface area contributed by atoms with E-state index in [9.17, 15) is 4.79 Å². The normalized spacial score (nSPS) is 17.5. The average Bonchev–Trinajstić information content (AvgIpc) is 2.37. The summed E-state index contributed by atoms with van der Waals surface area (Å²) in [6.45, 7) is 4.43.